The van der Waals surface area contributed by atoms with Crippen LogP contribution in [0.25, 0.3) is 0 Å². The molecule has 2 N–H and O–H groups in total. The van der Waals surface area contributed by atoms with Gasteiger partial charge in [-0.15, -0.1) is 0 Å². The number of para-hydroxylation sites is 4. The van der Waals surface area contributed by atoms with E-state index < -0.39 is 0 Å². The molecule has 4 aromatic rings. The highest BCUT2D eigenvalue weighted by Crippen LogP contribution is 2.37. The fourth-order valence-electron chi connectivity index (χ4n) is 2.81. The molecule has 0 spiro atoms. The van der Waals surface area contributed by atoms with Gasteiger partial charge in [-0.3, -0.25) is 0 Å². The zero-order valence-corrected chi connectivity index (χ0v) is 15.5. The molecule has 0 bridgehead atoms. The third-order valence-electron chi connectivity index (χ3n) is 4.15. The molecule has 0 saturated carbocycles. The van der Waals surface area contributed by atoms with Crippen LogP contribution in [0.15, 0.2) is 115 Å². The highest BCUT2D eigenvalue weighted by molar-refractivity contribution is 5.83. The zero-order chi connectivity index (χ0) is 18.9. The van der Waals surface area contributed by atoms with Crippen molar-refractivity contribution in [2.24, 2.45) is 0 Å². The number of rotatable bonds is 3. The molecular formula is C25H24N2. The lowest BCUT2D eigenvalue weighted by atomic mass is 10.1. The summed E-state index contributed by atoms with van der Waals surface area (Å²) in [7, 11) is 0. The van der Waals surface area contributed by atoms with Crippen molar-refractivity contribution in [2.75, 3.05) is 10.6 Å². The molecule has 0 aliphatic rings. The molecule has 0 unspecified atom stereocenters. The Morgan fingerprint density at radius 1 is 0.519 bits per heavy atom. The lowest BCUT2D eigenvalue weighted by molar-refractivity contribution is 1.29. The number of nitrogens with zero attached hydrogens (tertiary/aromatic N) is 1. The van der Waals surface area contributed by atoms with E-state index in [1.807, 2.05) is 78.9 Å². The Balaban J connectivity index is 0.000000253. The van der Waals surface area contributed by atoms with Crippen LogP contribution in [0, 0.1) is 6.92 Å². The lowest BCUT2D eigenvalue weighted by Crippen LogP contribution is -2.11. The number of aryl methyl sites for hydroxylation is 1. The minimum atomic E-state index is 0.764. The third-order valence-corrected chi connectivity index (χ3v) is 4.15. The second-order valence-corrected chi connectivity index (χ2v) is 6.22. The average Bonchev–Trinajstić information content (AvgIpc) is 2.72. The van der Waals surface area contributed by atoms with Crippen LogP contribution in [-0.2, 0) is 0 Å². The maximum Gasteiger partial charge on any atom is 0.0691 e. The fraction of sp³-hybridized carbons (Fsp3) is 0.0400. The Morgan fingerprint density at radius 3 is 1.33 bits per heavy atom. The van der Waals surface area contributed by atoms with E-state index in [4.69, 9.17) is 5.73 Å². The summed E-state index contributed by atoms with van der Waals surface area (Å²) in [5.74, 6) is 0. The van der Waals surface area contributed by atoms with Crippen molar-refractivity contribution in [3.63, 3.8) is 0 Å². The predicted octanol–water partition coefficient (Wildman–Crippen LogP) is 6.73. The van der Waals surface area contributed by atoms with Crippen molar-refractivity contribution in [2.45, 2.75) is 6.92 Å². The molecule has 0 aliphatic heterocycles. The molecule has 0 heterocycles. The highest BCUT2D eigenvalue weighted by Gasteiger charge is 2.13. The summed E-state index contributed by atoms with van der Waals surface area (Å²) in [4.78, 5) is 2.16. The molecule has 0 radical (unpaired) electrons. The summed E-state index contributed by atoms with van der Waals surface area (Å²) >= 11 is 0. The molecule has 4 rings (SSSR count). The molecule has 0 aromatic heterocycles. The van der Waals surface area contributed by atoms with E-state index in [0.717, 1.165) is 22.7 Å². The predicted molar refractivity (Wildman–Crippen MR) is 117 cm³/mol. The molecule has 4 aromatic carbocycles. The van der Waals surface area contributed by atoms with Crippen LogP contribution in [0.5, 0.6) is 0 Å². The molecule has 2 nitrogen and oxygen atoms in total. The molecular weight excluding hydrogens is 328 g/mol. The first-order valence-corrected chi connectivity index (χ1v) is 9.02. The van der Waals surface area contributed by atoms with Crippen LogP contribution in [0.1, 0.15) is 5.56 Å². The summed E-state index contributed by atoms with van der Waals surface area (Å²) in [6.45, 7) is 2.08. The first-order chi connectivity index (χ1) is 13.3. The molecule has 0 atom stereocenters. The van der Waals surface area contributed by atoms with Crippen LogP contribution >= 0.6 is 0 Å². The van der Waals surface area contributed by atoms with Gasteiger partial charge in [0, 0.05) is 11.4 Å². The van der Waals surface area contributed by atoms with Crippen molar-refractivity contribution in [3.8, 4) is 0 Å². The largest absolute Gasteiger partial charge is 0.397 e. The summed E-state index contributed by atoms with van der Waals surface area (Å²) in [5.41, 5.74) is 11.4. The molecule has 27 heavy (non-hydrogen) atoms. The second-order valence-electron chi connectivity index (χ2n) is 6.22. The Labute approximate surface area is 161 Å². The number of nitrogens with two attached hydrogens (primary N) is 1. The standard InChI is InChI=1S/C18H16N2.C7H8/c19-17-13-7-8-14-18(17)20(15-9-3-1-4-10-15)16-11-5-2-6-12-16;1-7-5-3-2-4-6-7/h1-14H,19H2;2-6H,1H3. The van der Waals surface area contributed by atoms with Gasteiger partial charge < -0.3 is 10.6 Å². The van der Waals surface area contributed by atoms with Gasteiger partial charge in [0.1, 0.15) is 0 Å². The second kappa shape index (κ2) is 9.25. The van der Waals surface area contributed by atoms with Crippen molar-refractivity contribution in [3.05, 3.63) is 121 Å². The van der Waals surface area contributed by atoms with Gasteiger partial charge in [-0.05, 0) is 43.3 Å². The van der Waals surface area contributed by atoms with Crippen molar-refractivity contribution in [1.29, 1.82) is 0 Å². The van der Waals surface area contributed by atoms with E-state index in [0.29, 0.717) is 0 Å². The Bertz CT molecular complexity index is 896. The van der Waals surface area contributed by atoms with Gasteiger partial charge in [-0.2, -0.15) is 0 Å². The SMILES string of the molecule is Cc1ccccc1.Nc1ccccc1N(c1ccccc1)c1ccccc1. The van der Waals surface area contributed by atoms with Gasteiger partial charge >= 0.3 is 0 Å². The number of nitrogen functional groups attached to an aromatic ring is 1. The van der Waals surface area contributed by atoms with Gasteiger partial charge in [-0.25, -0.2) is 0 Å². The topological polar surface area (TPSA) is 29.3 Å². The monoisotopic (exact) mass is 352 g/mol. The first kappa shape index (κ1) is 18.3. The Morgan fingerprint density at radius 2 is 0.926 bits per heavy atom. The van der Waals surface area contributed by atoms with E-state index in [-0.39, 0.29) is 0 Å². The van der Waals surface area contributed by atoms with Gasteiger partial charge in [-0.1, -0.05) is 84.4 Å². The molecule has 0 amide bonds. The number of anilines is 4. The van der Waals surface area contributed by atoms with Crippen molar-refractivity contribution >= 4 is 22.7 Å². The van der Waals surface area contributed by atoms with E-state index in [9.17, 15) is 0 Å². The Kier molecular flexibility index (Phi) is 6.26. The van der Waals surface area contributed by atoms with E-state index in [1.54, 1.807) is 0 Å². The summed E-state index contributed by atoms with van der Waals surface area (Å²) in [6.07, 6.45) is 0. The summed E-state index contributed by atoms with van der Waals surface area (Å²) < 4.78 is 0. The minimum absolute atomic E-state index is 0.764. The van der Waals surface area contributed by atoms with Gasteiger partial charge in [0.05, 0.1) is 11.4 Å². The van der Waals surface area contributed by atoms with E-state index in [2.05, 4.69) is 48.2 Å². The van der Waals surface area contributed by atoms with Crippen molar-refractivity contribution in [1.82, 2.24) is 0 Å². The van der Waals surface area contributed by atoms with Crippen LogP contribution in [0.3, 0.4) is 0 Å². The van der Waals surface area contributed by atoms with Gasteiger partial charge in [0.15, 0.2) is 0 Å². The normalized spacial score (nSPS) is 9.81. The third kappa shape index (κ3) is 4.99. The van der Waals surface area contributed by atoms with Crippen LogP contribution in [-0.4, -0.2) is 0 Å². The summed E-state index contributed by atoms with van der Waals surface area (Å²) in [6, 6.07) is 38.7. The van der Waals surface area contributed by atoms with Gasteiger partial charge in [0.25, 0.3) is 0 Å². The maximum absolute atomic E-state index is 6.15. The molecule has 0 fully saturated rings. The minimum Gasteiger partial charge on any atom is -0.397 e. The van der Waals surface area contributed by atoms with Crippen LogP contribution in [0.2, 0.25) is 0 Å². The number of benzene rings is 4. The number of hydrogen-bond acceptors (Lipinski definition) is 2. The smallest absolute Gasteiger partial charge is 0.0691 e. The summed E-state index contributed by atoms with van der Waals surface area (Å²) in [5, 5.41) is 0. The van der Waals surface area contributed by atoms with Crippen molar-refractivity contribution < 1.29 is 0 Å². The molecule has 0 aliphatic carbocycles. The van der Waals surface area contributed by atoms with Crippen LogP contribution < -0.4 is 10.6 Å². The average molecular weight is 352 g/mol. The molecule has 2 heteroatoms. The lowest BCUT2D eigenvalue weighted by Gasteiger charge is -2.26. The Hall–Kier alpha value is -3.52. The van der Waals surface area contributed by atoms with Crippen LogP contribution in [0.4, 0.5) is 22.7 Å². The highest BCUT2D eigenvalue weighted by atomic mass is 15.1. The quantitative estimate of drug-likeness (QED) is 0.414. The fourth-order valence-corrected chi connectivity index (χ4v) is 2.81. The zero-order valence-electron chi connectivity index (χ0n) is 15.5. The van der Waals surface area contributed by atoms with E-state index >= 15 is 0 Å². The maximum atomic E-state index is 6.15. The molecule has 134 valence electrons. The molecule has 0 saturated heterocycles. The van der Waals surface area contributed by atoms with E-state index in [1.165, 1.54) is 5.56 Å². The number of hydrogen-bond donors (Lipinski definition) is 1. The van der Waals surface area contributed by atoms with Gasteiger partial charge in [0.2, 0.25) is 0 Å². The first-order valence-electron chi connectivity index (χ1n) is 9.02.